The Kier molecular flexibility index (Phi) is 12.7. The minimum atomic E-state index is -4.83. The first-order valence-corrected chi connectivity index (χ1v) is 17.5. The first-order chi connectivity index (χ1) is 24.3. The SMILES string of the molecule is CC#Cc1cc(-c2c(C)cccc2C)c(F)c([C@@H](CC(=O)O)NC(=O)[C@@H](CC(C)C)n2cc(C3CCN(C(C)C)CC3)c(C(F)(F)F)cc2=O)c1F. The first-order valence-electron chi connectivity index (χ1n) is 17.5. The van der Waals surface area contributed by atoms with Crippen molar-refractivity contribution in [3.05, 3.63) is 91.9 Å². The summed E-state index contributed by atoms with van der Waals surface area (Å²) in [4.78, 5) is 42.0. The smallest absolute Gasteiger partial charge is 0.416 e. The Bertz CT molecular complexity index is 1910. The summed E-state index contributed by atoms with van der Waals surface area (Å²) in [6.07, 6.45) is -3.91. The number of hydrogen-bond donors (Lipinski definition) is 2. The number of hydrogen-bond acceptors (Lipinski definition) is 4. The van der Waals surface area contributed by atoms with Crippen LogP contribution in [0.4, 0.5) is 22.0 Å². The summed E-state index contributed by atoms with van der Waals surface area (Å²) < 4.78 is 76.9. The van der Waals surface area contributed by atoms with Gasteiger partial charge < -0.3 is 19.9 Å². The molecule has 0 radical (unpaired) electrons. The molecule has 0 saturated carbocycles. The Hall–Kier alpha value is -4.50. The Balaban J connectivity index is 1.87. The highest BCUT2D eigenvalue weighted by atomic mass is 19.4. The maximum Gasteiger partial charge on any atom is 0.416 e. The molecule has 1 saturated heterocycles. The van der Waals surface area contributed by atoms with Gasteiger partial charge in [0.25, 0.3) is 5.56 Å². The number of rotatable bonds is 11. The highest BCUT2D eigenvalue weighted by Crippen LogP contribution is 2.40. The van der Waals surface area contributed by atoms with E-state index in [0.29, 0.717) is 48.7 Å². The van der Waals surface area contributed by atoms with Crippen LogP contribution in [0, 0.1) is 43.2 Å². The van der Waals surface area contributed by atoms with Crippen LogP contribution in [0.25, 0.3) is 11.1 Å². The number of carboxylic acid groups (broad SMARTS) is 1. The lowest BCUT2D eigenvalue weighted by atomic mass is 9.86. The van der Waals surface area contributed by atoms with Crippen molar-refractivity contribution in [2.45, 2.75) is 104 Å². The minimum absolute atomic E-state index is 0.0396. The van der Waals surface area contributed by atoms with Crippen LogP contribution in [0.3, 0.4) is 0 Å². The third-order valence-electron chi connectivity index (χ3n) is 9.74. The summed E-state index contributed by atoms with van der Waals surface area (Å²) in [6.45, 7) is 13.5. The molecule has 1 aliphatic heterocycles. The van der Waals surface area contributed by atoms with Crippen LogP contribution in [-0.2, 0) is 15.8 Å². The fraction of sp³-hybridized carbons (Fsp3) is 0.475. The highest BCUT2D eigenvalue weighted by molar-refractivity contribution is 5.82. The zero-order chi connectivity index (χ0) is 38.7. The van der Waals surface area contributed by atoms with Crippen molar-refractivity contribution < 1.29 is 36.6 Å². The zero-order valence-corrected chi connectivity index (χ0v) is 30.5. The van der Waals surface area contributed by atoms with Crippen LogP contribution < -0.4 is 10.9 Å². The van der Waals surface area contributed by atoms with Gasteiger partial charge in [-0.1, -0.05) is 38.0 Å². The van der Waals surface area contributed by atoms with Crippen molar-refractivity contribution >= 4 is 11.9 Å². The molecule has 1 fully saturated rings. The minimum Gasteiger partial charge on any atom is -0.481 e. The van der Waals surface area contributed by atoms with Crippen LogP contribution in [0.5, 0.6) is 0 Å². The molecule has 0 spiro atoms. The lowest BCUT2D eigenvalue weighted by molar-refractivity contribution is -0.139. The van der Waals surface area contributed by atoms with Crippen molar-refractivity contribution in [2.24, 2.45) is 5.92 Å². The molecule has 0 unspecified atom stereocenters. The molecule has 3 aromatic rings. The van der Waals surface area contributed by atoms with Gasteiger partial charge in [0.05, 0.1) is 23.6 Å². The van der Waals surface area contributed by atoms with E-state index in [0.717, 1.165) is 10.8 Å². The van der Waals surface area contributed by atoms with Gasteiger partial charge in [-0.05, 0) is 107 Å². The van der Waals surface area contributed by atoms with Gasteiger partial charge in [0.2, 0.25) is 5.91 Å². The second kappa shape index (κ2) is 16.4. The molecule has 1 aliphatic rings. The number of aryl methyl sites for hydroxylation is 2. The number of amides is 1. The van der Waals surface area contributed by atoms with Crippen molar-refractivity contribution in [3.8, 4) is 23.0 Å². The molecular weight excluding hydrogens is 681 g/mol. The molecule has 2 heterocycles. The lowest BCUT2D eigenvalue weighted by Crippen LogP contribution is -2.41. The number of likely N-dealkylation sites (tertiary alicyclic amines) is 1. The average molecular weight is 728 g/mol. The average Bonchev–Trinajstić information content (AvgIpc) is 3.05. The van der Waals surface area contributed by atoms with E-state index in [1.807, 2.05) is 13.8 Å². The largest absolute Gasteiger partial charge is 0.481 e. The molecule has 0 aliphatic carbocycles. The fourth-order valence-electron chi connectivity index (χ4n) is 7.18. The predicted octanol–water partition coefficient (Wildman–Crippen LogP) is 8.31. The van der Waals surface area contributed by atoms with Gasteiger partial charge in [0, 0.05) is 29.4 Å². The van der Waals surface area contributed by atoms with E-state index in [1.54, 1.807) is 45.9 Å². The maximum absolute atomic E-state index is 16.6. The van der Waals surface area contributed by atoms with Crippen LogP contribution in [0.2, 0.25) is 0 Å². The molecule has 2 aromatic carbocycles. The van der Waals surface area contributed by atoms with Gasteiger partial charge >= 0.3 is 12.1 Å². The Morgan fingerprint density at radius 3 is 2.15 bits per heavy atom. The number of aliphatic carboxylic acids is 1. The number of aromatic nitrogens is 1. The van der Waals surface area contributed by atoms with E-state index in [-0.39, 0.29) is 35.1 Å². The maximum atomic E-state index is 16.6. The number of carbonyl (C=O) groups excluding carboxylic acids is 1. The highest BCUT2D eigenvalue weighted by Gasteiger charge is 2.39. The number of benzene rings is 2. The molecule has 12 heteroatoms. The summed E-state index contributed by atoms with van der Waals surface area (Å²) in [6, 6.07) is 4.01. The van der Waals surface area contributed by atoms with Gasteiger partial charge in [-0.3, -0.25) is 14.4 Å². The number of carboxylic acids is 1. The number of halogens is 5. The summed E-state index contributed by atoms with van der Waals surface area (Å²) in [7, 11) is 0. The quantitative estimate of drug-likeness (QED) is 0.153. The number of pyridine rings is 1. The molecular formula is C40H46F5N3O4. The number of nitrogens with one attached hydrogen (secondary N) is 1. The van der Waals surface area contributed by atoms with E-state index < -0.39 is 70.8 Å². The van der Waals surface area contributed by atoms with Crippen molar-refractivity contribution in [1.82, 2.24) is 14.8 Å². The number of piperidine rings is 1. The summed E-state index contributed by atoms with van der Waals surface area (Å²) in [5.74, 6) is -0.323. The second-order valence-corrected chi connectivity index (χ2v) is 14.2. The van der Waals surface area contributed by atoms with Crippen LogP contribution in [0.15, 0.2) is 41.3 Å². The second-order valence-electron chi connectivity index (χ2n) is 14.2. The predicted molar refractivity (Wildman–Crippen MR) is 190 cm³/mol. The summed E-state index contributed by atoms with van der Waals surface area (Å²) >= 11 is 0. The zero-order valence-electron chi connectivity index (χ0n) is 30.5. The Morgan fingerprint density at radius 1 is 1.02 bits per heavy atom. The molecule has 1 aromatic heterocycles. The molecule has 0 bridgehead atoms. The van der Waals surface area contributed by atoms with E-state index in [2.05, 4.69) is 22.1 Å². The van der Waals surface area contributed by atoms with E-state index in [1.165, 1.54) is 13.0 Å². The molecule has 2 N–H and O–H groups in total. The molecule has 280 valence electrons. The van der Waals surface area contributed by atoms with Gasteiger partial charge in [-0.25, -0.2) is 8.78 Å². The first kappa shape index (κ1) is 40.3. The normalized spacial score (nSPS) is 15.3. The van der Waals surface area contributed by atoms with Crippen LogP contribution >= 0.6 is 0 Å². The molecule has 2 atom stereocenters. The van der Waals surface area contributed by atoms with Crippen molar-refractivity contribution in [3.63, 3.8) is 0 Å². The number of nitrogens with zero attached hydrogens (tertiary/aromatic N) is 2. The molecule has 52 heavy (non-hydrogen) atoms. The number of carbonyl (C=O) groups is 2. The Morgan fingerprint density at radius 2 is 1.63 bits per heavy atom. The summed E-state index contributed by atoms with van der Waals surface area (Å²) in [5.41, 5.74) is -1.48. The van der Waals surface area contributed by atoms with Gasteiger partial charge in [0.15, 0.2) is 0 Å². The van der Waals surface area contributed by atoms with E-state index >= 15 is 8.78 Å². The van der Waals surface area contributed by atoms with Crippen LogP contribution in [-0.4, -0.2) is 45.6 Å². The van der Waals surface area contributed by atoms with Crippen molar-refractivity contribution in [1.29, 1.82) is 0 Å². The van der Waals surface area contributed by atoms with Gasteiger partial charge in [-0.2, -0.15) is 13.2 Å². The fourth-order valence-corrected chi connectivity index (χ4v) is 7.18. The van der Waals surface area contributed by atoms with Crippen molar-refractivity contribution in [2.75, 3.05) is 13.1 Å². The summed E-state index contributed by atoms with van der Waals surface area (Å²) in [5, 5.41) is 12.4. The third-order valence-corrected chi connectivity index (χ3v) is 9.74. The molecule has 7 nitrogen and oxygen atoms in total. The number of alkyl halides is 3. The third kappa shape index (κ3) is 8.92. The standard InChI is InChI=1S/C40H46F5N3O4/c1-8-10-27-18-28(35-24(6)11-9-12-25(35)7)38(42)36(37(27)41)31(20-34(50)51)46-39(52)32(17-22(2)3)48-21-29(30(19-33(48)49)40(43,44)45)26-13-15-47(16-14-26)23(4)5/h9,11-12,18-19,21-23,26,31-32H,13-17,20H2,1-7H3,(H,46,52)(H,50,51)/t31-,32-/m1/s1. The molecule has 4 rings (SSSR count). The van der Waals surface area contributed by atoms with E-state index in [4.69, 9.17) is 0 Å². The Labute approximate surface area is 301 Å². The monoisotopic (exact) mass is 727 g/mol. The van der Waals surface area contributed by atoms with Gasteiger partial charge in [0.1, 0.15) is 17.7 Å². The van der Waals surface area contributed by atoms with E-state index in [9.17, 15) is 32.7 Å². The van der Waals surface area contributed by atoms with Crippen LogP contribution in [0.1, 0.15) is 112 Å². The topological polar surface area (TPSA) is 91.6 Å². The molecule has 1 amide bonds. The lowest BCUT2D eigenvalue weighted by Gasteiger charge is -2.36. The van der Waals surface area contributed by atoms with Gasteiger partial charge in [-0.15, -0.1) is 5.92 Å².